The third kappa shape index (κ3) is 5.74. The molecule has 0 aliphatic rings. The molecule has 5 nitrogen and oxygen atoms in total. The predicted molar refractivity (Wildman–Crippen MR) is 111 cm³/mol. The van der Waals surface area contributed by atoms with Gasteiger partial charge in [0.1, 0.15) is 0 Å². The summed E-state index contributed by atoms with van der Waals surface area (Å²) in [6.45, 7) is 5.63. The molecule has 0 aliphatic heterocycles. The Morgan fingerprint density at radius 1 is 1.19 bits per heavy atom. The van der Waals surface area contributed by atoms with Gasteiger partial charge in [0, 0.05) is 31.5 Å². The van der Waals surface area contributed by atoms with Crippen LogP contribution in [0.4, 0.5) is 11.4 Å². The van der Waals surface area contributed by atoms with Gasteiger partial charge in [0.2, 0.25) is 0 Å². The van der Waals surface area contributed by atoms with Crippen molar-refractivity contribution < 1.29 is 9.53 Å². The number of hydrogen-bond donors (Lipinski definition) is 2. The predicted octanol–water partition coefficient (Wildman–Crippen LogP) is 3.59. The highest BCUT2D eigenvalue weighted by Crippen LogP contribution is 2.17. The van der Waals surface area contributed by atoms with E-state index >= 15 is 0 Å². The number of anilines is 2. The number of aryl methyl sites for hydroxylation is 1. The van der Waals surface area contributed by atoms with Crippen molar-refractivity contribution in [2.75, 3.05) is 37.0 Å². The lowest BCUT2D eigenvalue weighted by Gasteiger charge is -2.20. The highest BCUT2D eigenvalue weighted by atomic mass is 32.1. The minimum absolute atomic E-state index is 0.313. The van der Waals surface area contributed by atoms with E-state index in [1.807, 2.05) is 38.2 Å². The Bertz CT molecular complexity index is 750. The lowest BCUT2D eigenvalue weighted by atomic mass is 10.1. The van der Waals surface area contributed by atoms with Gasteiger partial charge in [-0.15, -0.1) is 0 Å². The largest absolute Gasteiger partial charge is 0.462 e. The second-order valence-electron chi connectivity index (χ2n) is 5.89. The zero-order valence-electron chi connectivity index (χ0n) is 15.4. The number of nitrogens with zero attached hydrogens (tertiary/aromatic N) is 1. The zero-order valence-corrected chi connectivity index (χ0v) is 16.2. The van der Waals surface area contributed by atoms with Gasteiger partial charge >= 0.3 is 5.97 Å². The van der Waals surface area contributed by atoms with Crippen molar-refractivity contribution in [3.05, 3.63) is 59.7 Å². The van der Waals surface area contributed by atoms with Crippen LogP contribution in [0.25, 0.3) is 0 Å². The summed E-state index contributed by atoms with van der Waals surface area (Å²) in [6, 6.07) is 15.6. The average molecular weight is 372 g/mol. The Kier molecular flexibility index (Phi) is 7.41. The maximum Gasteiger partial charge on any atom is 0.338 e. The number of nitrogens with one attached hydrogen (secondary N) is 2. The smallest absolute Gasteiger partial charge is 0.338 e. The molecule has 0 saturated heterocycles. The summed E-state index contributed by atoms with van der Waals surface area (Å²) in [5.41, 5.74) is 3.50. The summed E-state index contributed by atoms with van der Waals surface area (Å²) in [5.74, 6) is -0.313. The molecule has 2 aromatic rings. The third-order valence-corrected chi connectivity index (χ3v) is 4.16. The van der Waals surface area contributed by atoms with Crippen molar-refractivity contribution in [3.8, 4) is 0 Å². The minimum Gasteiger partial charge on any atom is -0.462 e. The molecule has 138 valence electrons. The molecule has 26 heavy (non-hydrogen) atoms. The van der Waals surface area contributed by atoms with Crippen molar-refractivity contribution in [1.29, 1.82) is 0 Å². The van der Waals surface area contributed by atoms with E-state index in [0.717, 1.165) is 24.3 Å². The topological polar surface area (TPSA) is 53.6 Å². The number of carbonyl (C=O) groups excluding carboxylic acids is 1. The van der Waals surface area contributed by atoms with Crippen LogP contribution < -0.4 is 15.5 Å². The lowest BCUT2D eigenvalue weighted by molar-refractivity contribution is 0.0526. The number of hydrogen-bond acceptors (Lipinski definition) is 4. The lowest BCUT2D eigenvalue weighted by Crippen LogP contribution is -2.35. The van der Waals surface area contributed by atoms with E-state index in [2.05, 4.69) is 27.7 Å². The molecule has 0 saturated carbocycles. The van der Waals surface area contributed by atoms with Crippen molar-refractivity contribution in [3.63, 3.8) is 0 Å². The van der Waals surface area contributed by atoms with Crippen LogP contribution in [0.2, 0.25) is 0 Å². The maximum absolute atomic E-state index is 11.8. The normalized spacial score (nSPS) is 10.1. The molecule has 0 unspecified atom stereocenters. The van der Waals surface area contributed by atoms with Crippen LogP contribution in [0.5, 0.6) is 0 Å². The van der Waals surface area contributed by atoms with Gasteiger partial charge in [-0.2, -0.15) is 0 Å². The van der Waals surface area contributed by atoms with Gasteiger partial charge in [-0.25, -0.2) is 4.79 Å². The molecule has 0 fully saturated rings. The second-order valence-corrected chi connectivity index (χ2v) is 6.30. The maximum atomic E-state index is 11.8. The van der Waals surface area contributed by atoms with E-state index in [1.165, 1.54) is 5.69 Å². The molecule has 0 aliphatic carbocycles. The highest BCUT2D eigenvalue weighted by Gasteiger charge is 2.09. The van der Waals surface area contributed by atoms with Crippen LogP contribution in [0.15, 0.2) is 48.5 Å². The Hall–Kier alpha value is -2.60. The van der Waals surface area contributed by atoms with Gasteiger partial charge in [-0.05, 0) is 62.0 Å². The van der Waals surface area contributed by atoms with E-state index in [1.54, 1.807) is 19.1 Å². The molecular weight excluding hydrogens is 346 g/mol. The van der Waals surface area contributed by atoms with Gasteiger partial charge in [0.25, 0.3) is 0 Å². The molecule has 2 rings (SSSR count). The standard InChI is InChI=1S/C20H25N3O2S/c1-4-25-19(24)16-10-11-18(15(2)14-16)22-20(26)21-12-13-23(3)17-8-6-5-7-9-17/h5-11,14H,4,12-13H2,1-3H3,(H2,21,22,26). The fraction of sp³-hybridized carbons (Fsp3) is 0.300. The van der Waals surface area contributed by atoms with Crippen molar-refractivity contribution >= 4 is 34.7 Å². The number of benzene rings is 2. The number of carbonyl (C=O) groups is 1. The zero-order chi connectivity index (χ0) is 18.9. The van der Waals surface area contributed by atoms with E-state index in [9.17, 15) is 4.79 Å². The van der Waals surface area contributed by atoms with E-state index in [0.29, 0.717) is 17.3 Å². The van der Waals surface area contributed by atoms with Gasteiger partial charge in [0.05, 0.1) is 12.2 Å². The van der Waals surface area contributed by atoms with Gasteiger partial charge in [-0.1, -0.05) is 18.2 Å². The van der Waals surface area contributed by atoms with Crippen LogP contribution >= 0.6 is 12.2 Å². The average Bonchev–Trinajstić information content (AvgIpc) is 2.64. The SMILES string of the molecule is CCOC(=O)c1ccc(NC(=S)NCCN(C)c2ccccc2)c(C)c1. The Morgan fingerprint density at radius 2 is 1.92 bits per heavy atom. The van der Waals surface area contributed by atoms with E-state index in [4.69, 9.17) is 17.0 Å². The number of rotatable bonds is 7. The first-order valence-electron chi connectivity index (χ1n) is 8.60. The molecule has 0 atom stereocenters. The summed E-state index contributed by atoms with van der Waals surface area (Å²) in [6.07, 6.45) is 0. The molecule has 0 spiro atoms. The van der Waals surface area contributed by atoms with Crippen molar-refractivity contribution in [2.45, 2.75) is 13.8 Å². The molecule has 0 bridgehead atoms. The van der Waals surface area contributed by atoms with Crippen LogP contribution in [0.3, 0.4) is 0 Å². The van der Waals surface area contributed by atoms with Crippen LogP contribution in [0, 0.1) is 6.92 Å². The summed E-state index contributed by atoms with van der Waals surface area (Å²) in [7, 11) is 2.05. The molecule has 6 heteroatoms. The van der Waals surface area contributed by atoms with Gasteiger partial charge in [0.15, 0.2) is 5.11 Å². The van der Waals surface area contributed by atoms with Gasteiger partial charge in [-0.3, -0.25) is 0 Å². The van der Waals surface area contributed by atoms with E-state index < -0.39 is 0 Å². The molecule has 0 amide bonds. The summed E-state index contributed by atoms with van der Waals surface area (Å²) >= 11 is 5.36. The summed E-state index contributed by atoms with van der Waals surface area (Å²) < 4.78 is 5.01. The summed E-state index contributed by atoms with van der Waals surface area (Å²) in [5, 5.41) is 6.93. The summed E-state index contributed by atoms with van der Waals surface area (Å²) in [4.78, 5) is 13.9. The Morgan fingerprint density at radius 3 is 2.58 bits per heavy atom. The van der Waals surface area contributed by atoms with Crippen molar-refractivity contribution in [2.24, 2.45) is 0 Å². The molecule has 2 aromatic carbocycles. The molecule has 0 aromatic heterocycles. The van der Waals surface area contributed by atoms with Crippen molar-refractivity contribution in [1.82, 2.24) is 5.32 Å². The van der Waals surface area contributed by atoms with Crippen LogP contribution in [0.1, 0.15) is 22.8 Å². The van der Waals surface area contributed by atoms with Crippen LogP contribution in [-0.2, 0) is 4.74 Å². The monoisotopic (exact) mass is 371 g/mol. The number of likely N-dealkylation sites (N-methyl/N-ethyl adjacent to an activating group) is 1. The fourth-order valence-corrected chi connectivity index (χ4v) is 2.67. The molecular formula is C20H25N3O2S. The number of para-hydroxylation sites is 1. The molecule has 0 heterocycles. The molecule has 0 radical (unpaired) electrons. The Balaban J connectivity index is 1.83. The quantitative estimate of drug-likeness (QED) is 0.573. The van der Waals surface area contributed by atoms with E-state index in [-0.39, 0.29) is 5.97 Å². The third-order valence-electron chi connectivity index (χ3n) is 3.92. The fourth-order valence-electron chi connectivity index (χ4n) is 2.46. The number of esters is 1. The first-order valence-corrected chi connectivity index (χ1v) is 9.01. The Labute approximate surface area is 160 Å². The number of thiocarbonyl (C=S) groups is 1. The number of ether oxygens (including phenoxy) is 1. The first kappa shape index (κ1) is 19.7. The second kappa shape index (κ2) is 9.77. The van der Waals surface area contributed by atoms with Crippen LogP contribution in [-0.4, -0.2) is 37.8 Å². The minimum atomic E-state index is -0.313. The van der Waals surface area contributed by atoms with Gasteiger partial charge < -0.3 is 20.3 Å². The highest BCUT2D eigenvalue weighted by molar-refractivity contribution is 7.80. The molecule has 2 N–H and O–H groups in total. The first-order chi connectivity index (χ1) is 12.5.